The van der Waals surface area contributed by atoms with E-state index in [4.69, 9.17) is 11.6 Å². The minimum absolute atomic E-state index is 0.231. The normalized spacial score (nSPS) is 27.7. The van der Waals surface area contributed by atoms with Crippen LogP contribution in [0.4, 0.5) is 0 Å². The summed E-state index contributed by atoms with van der Waals surface area (Å²) >= 11 is 5.98. The molecule has 1 aliphatic carbocycles. The Balaban J connectivity index is 1.76. The van der Waals surface area contributed by atoms with Crippen molar-refractivity contribution in [3.8, 4) is 0 Å². The monoisotopic (exact) mass is 333 g/mol. The van der Waals surface area contributed by atoms with Gasteiger partial charge in [0.05, 0.1) is 6.10 Å². The zero-order chi connectivity index (χ0) is 16.4. The van der Waals surface area contributed by atoms with Gasteiger partial charge in [-0.15, -0.1) is 0 Å². The molecule has 0 saturated heterocycles. The third kappa shape index (κ3) is 3.75. The highest BCUT2D eigenvalue weighted by Crippen LogP contribution is 2.44. The van der Waals surface area contributed by atoms with E-state index in [2.05, 4.69) is 36.1 Å². The molecular formula is C18H24ClN3O. The maximum absolute atomic E-state index is 10.6. The summed E-state index contributed by atoms with van der Waals surface area (Å²) in [7, 11) is 0. The van der Waals surface area contributed by atoms with Gasteiger partial charge in [-0.2, -0.15) is 5.10 Å². The van der Waals surface area contributed by atoms with E-state index < -0.39 is 0 Å². The predicted molar refractivity (Wildman–Crippen MR) is 91.1 cm³/mol. The Hall–Kier alpha value is -1.39. The molecule has 3 rings (SSSR count). The lowest BCUT2D eigenvalue weighted by atomic mass is 9.78. The van der Waals surface area contributed by atoms with Crippen LogP contribution in [-0.4, -0.2) is 26.0 Å². The third-order valence-corrected chi connectivity index (χ3v) is 5.37. The summed E-state index contributed by atoms with van der Waals surface area (Å²) in [6.45, 7) is 5.25. The van der Waals surface area contributed by atoms with Gasteiger partial charge in [-0.1, -0.05) is 37.6 Å². The number of hydrogen-bond acceptors (Lipinski definition) is 3. The van der Waals surface area contributed by atoms with Crippen molar-refractivity contribution in [3.05, 3.63) is 47.5 Å². The van der Waals surface area contributed by atoms with E-state index in [1.165, 1.54) is 5.56 Å². The molecule has 0 amide bonds. The van der Waals surface area contributed by atoms with Crippen LogP contribution in [-0.2, 0) is 13.0 Å². The topological polar surface area (TPSA) is 50.9 Å². The van der Waals surface area contributed by atoms with Crippen molar-refractivity contribution in [3.63, 3.8) is 0 Å². The molecule has 1 N–H and O–H groups in total. The summed E-state index contributed by atoms with van der Waals surface area (Å²) in [5, 5.41) is 15.6. The first-order valence-electron chi connectivity index (χ1n) is 8.29. The lowest BCUT2D eigenvalue weighted by molar-refractivity contribution is 0.0910. The summed E-state index contributed by atoms with van der Waals surface area (Å²) in [6.07, 6.45) is 4.85. The minimum atomic E-state index is -0.274. The summed E-state index contributed by atoms with van der Waals surface area (Å²) < 4.78 is 1.84. The highest BCUT2D eigenvalue weighted by Gasteiger charge is 2.43. The molecule has 0 spiro atoms. The van der Waals surface area contributed by atoms with Crippen molar-refractivity contribution >= 4 is 11.6 Å². The van der Waals surface area contributed by atoms with E-state index in [1.54, 1.807) is 12.7 Å². The number of benzene rings is 1. The summed E-state index contributed by atoms with van der Waals surface area (Å²) in [6, 6.07) is 8.08. The van der Waals surface area contributed by atoms with Crippen LogP contribution in [0.15, 0.2) is 36.9 Å². The number of hydrogen-bond donors (Lipinski definition) is 1. The minimum Gasteiger partial charge on any atom is -0.393 e. The number of aliphatic hydroxyl groups excluding tert-OH is 1. The highest BCUT2D eigenvalue weighted by molar-refractivity contribution is 6.30. The van der Waals surface area contributed by atoms with Gasteiger partial charge in [-0.3, -0.25) is 4.68 Å². The summed E-state index contributed by atoms with van der Waals surface area (Å²) in [5.74, 6) is 1.72. The van der Waals surface area contributed by atoms with Crippen molar-refractivity contribution in [1.29, 1.82) is 0 Å². The van der Waals surface area contributed by atoms with Crippen LogP contribution in [0, 0.1) is 23.7 Å². The number of aliphatic hydroxyl groups is 1. The first-order valence-corrected chi connectivity index (χ1v) is 8.67. The lowest BCUT2D eigenvalue weighted by Crippen LogP contribution is -2.29. The number of rotatable bonds is 5. The van der Waals surface area contributed by atoms with E-state index in [-0.39, 0.29) is 12.0 Å². The Bertz CT molecular complexity index is 612. The second-order valence-electron chi connectivity index (χ2n) is 7.00. The van der Waals surface area contributed by atoms with E-state index in [0.717, 1.165) is 24.4 Å². The molecule has 4 nitrogen and oxygen atoms in total. The average molecular weight is 334 g/mol. The van der Waals surface area contributed by atoms with Crippen molar-refractivity contribution in [2.75, 3.05) is 0 Å². The molecule has 1 heterocycles. The van der Waals surface area contributed by atoms with E-state index >= 15 is 0 Å². The number of nitrogens with zero attached hydrogens (tertiary/aromatic N) is 3. The molecule has 0 bridgehead atoms. The maximum atomic E-state index is 10.6. The molecule has 0 radical (unpaired) electrons. The fraction of sp³-hybridized carbons (Fsp3) is 0.556. The van der Waals surface area contributed by atoms with Crippen LogP contribution < -0.4 is 0 Å². The van der Waals surface area contributed by atoms with Gasteiger partial charge in [-0.25, -0.2) is 4.98 Å². The Morgan fingerprint density at radius 1 is 1.30 bits per heavy atom. The second-order valence-corrected chi connectivity index (χ2v) is 7.43. The van der Waals surface area contributed by atoms with Crippen molar-refractivity contribution in [2.24, 2.45) is 23.7 Å². The first kappa shape index (κ1) is 16.5. The van der Waals surface area contributed by atoms with Gasteiger partial charge in [0.25, 0.3) is 0 Å². The van der Waals surface area contributed by atoms with Gasteiger partial charge in [0.1, 0.15) is 12.7 Å². The number of halogens is 1. The molecule has 1 aromatic carbocycles. The van der Waals surface area contributed by atoms with Crippen LogP contribution in [0.3, 0.4) is 0 Å². The smallest absolute Gasteiger partial charge is 0.137 e. The fourth-order valence-electron chi connectivity index (χ4n) is 4.22. The first-order chi connectivity index (χ1) is 11.0. The van der Waals surface area contributed by atoms with Gasteiger partial charge in [0.2, 0.25) is 0 Å². The third-order valence-electron chi connectivity index (χ3n) is 5.12. The Labute approximate surface area is 142 Å². The highest BCUT2D eigenvalue weighted by atomic mass is 35.5. The molecule has 2 aromatic rings. The van der Waals surface area contributed by atoms with Gasteiger partial charge in [0, 0.05) is 17.5 Å². The average Bonchev–Trinajstić information content (AvgIpc) is 3.11. The van der Waals surface area contributed by atoms with Crippen LogP contribution >= 0.6 is 11.6 Å². The molecule has 1 aliphatic rings. The molecule has 0 aliphatic heterocycles. The van der Waals surface area contributed by atoms with Gasteiger partial charge < -0.3 is 5.11 Å². The molecule has 23 heavy (non-hydrogen) atoms. The molecule has 4 unspecified atom stereocenters. The summed E-state index contributed by atoms with van der Waals surface area (Å²) in [4.78, 5) is 4.01. The van der Waals surface area contributed by atoms with E-state index in [1.807, 2.05) is 16.8 Å². The van der Waals surface area contributed by atoms with Crippen LogP contribution in [0.1, 0.15) is 25.8 Å². The standard InChI is InChI=1S/C18H24ClN3O/c1-12(2)18-14(7-13-3-5-15(19)6-4-13)8-17(23)16(18)9-22-11-20-10-21-22/h3-6,10-12,14,16-18,23H,7-9H2,1-2H3. The number of aromatic nitrogens is 3. The molecule has 1 fully saturated rings. The van der Waals surface area contributed by atoms with Gasteiger partial charge in [-0.05, 0) is 48.3 Å². The zero-order valence-corrected chi connectivity index (χ0v) is 14.4. The molecule has 5 heteroatoms. The van der Waals surface area contributed by atoms with Crippen LogP contribution in [0.5, 0.6) is 0 Å². The zero-order valence-electron chi connectivity index (χ0n) is 13.6. The van der Waals surface area contributed by atoms with E-state index in [9.17, 15) is 5.11 Å². The SMILES string of the molecule is CC(C)C1C(Cc2ccc(Cl)cc2)CC(O)C1Cn1cncn1. The predicted octanol–water partition coefficient (Wildman–Crippen LogP) is 3.44. The van der Waals surface area contributed by atoms with Crippen molar-refractivity contribution < 1.29 is 5.11 Å². The molecule has 124 valence electrons. The Kier molecular flexibility index (Phi) is 5.02. The van der Waals surface area contributed by atoms with E-state index in [0.29, 0.717) is 17.8 Å². The molecular weight excluding hydrogens is 310 g/mol. The molecule has 1 saturated carbocycles. The Morgan fingerprint density at radius 3 is 2.65 bits per heavy atom. The van der Waals surface area contributed by atoms with Crippen LogP contribution in [0.2, 0.25) is 5.02 Å². The van der Waals surface area contributed by atoms with Crippen molar-refractivity contribution in [2.45, 2.75) is 39.3 Å². The van der Waals surface area contributed by atoms with Gasteiger partial charge in [0.15, 0.2) is 0 Å². The molecule has 4 atom stereocenters. The second kappa shape index (κ2) is 7.02. The van der Waals surface area contributed by atoms with Crippen LogP contribution in [0.25, 0.3) is 0 Å². The lowest BCUT2D eigenvalue weighted by Gasteiger charge is -2.29. The quantitative estimate of drug-likeness (QED) is 0.911. The molecule has 1 aromatic heterocycles. The summed E-state index contributed by atoms with van der Waals surface area (Å²) in [5.41, 5.74) is 1.29. The fourth-order valence-corrected chi connectivity index (χ4v) is 4.34. The van der Waals surface area contributed by atoms with Crippen molar-refractivity contribution in [1.82, 2.24) is 14.8 Å². The van der Waals surface area contributed by atoms with Gasteiger partial charge >= 0.3 is 0 Å². The Morgan fingerprint density at radius 2 is 2.04 bits per heavy atom. The largest absolute Gasteiger partial charge is 0.393 e. The maximum Gasteiger partial charge on any atom is 0.137 e.